The van der Waals surface area contributed by atoms with Crippen molar-refractivity contribution in [3.05, 3.63) is 128 Å². The maximum atomic E-state index is 13.3. The van der Waals surface area contributed by atoms with E-state index in [1.54, 1.807) is 36.4 Å². The Morgan fingerprint density at radius 2 is 0.983 bits per heavy atom. The van der Waals surface area contributed by atoms with Crippen LogP contribution in [0.4, 0.5) is 26.3 Å². The van der Waals surface area contributed by atoms with Gasteiger partial charge in [0.2, 0.25) is 0 Å². The molecule has 2 heterocycles. The van der Waals surface area contributed by atoms with Crippen LogP contribution in [0.15, 0.2) is 103 Å². The molecule has 0 bridgehead atoms. The van der Waals surface area contributed by atoms with Crippen molar-refractivity contribution in [1.29, 1.82) is 0 Å². The van der Waals surface area contributed by atoms with E-state index in [2.05, 4.69) is 33.2 Å². The maximum absolute atomic E-state index is 13.3. The van der Waals surface area contributed by atoms with Gasteiger partial charge in [0.05, 0.1) is 11.1 Å². The summed E-state index contributed by atoms with van der Waals surface area (Å²) in [6.07, 6.45) is -5.02. The largest absolute Gasteiger partial charge is 0.573 e. The second kappa shape index (κ2) is 18.6. The predicted octanol–water partition coefficient (Wildman–Crippen LogP) is 11.3. The number of hydrogen-bond acceptors (Lipinski definition) is 7. The van der Waals surface area contributed by atoms with E-state index in [1.807, 2.05) is 13.8 Å². The van der Waals surface area contributed by atoms with E-state index in [0.29, 0.717) is 45.9 Å². The number of aliphatic hydroxyl groups is 1. The van der Waals surface area contributed by atoms with E-state index in [1.165, 1.54) is 48.5 Å². The summed E-state index contributed by atoms with van der Waals surface area (Å²) in [5.74, 6) is 9.62. The van der Waals surface area contributed by atoms with E-state index in [-0.39, 0.29) is 33.4 Å². The van der Waals surface area contributed by atoms with Crippen LogP contribution in [0.25, 0.3) is 44.2 Å². The van der Waals surface area contributed by atoms with Crippen LogP contribution in [0, 0.1) is 23.7 Å². The lowest BCUT2D eigenvalue weighted by molar-refractivity contribution is -0.275. The summed E-state index contributed by atoms with van der Waals surface area (Å²) < 4.78 is 99.7. The molecule has 6 rings (SSSR count). The van der Waals surface area contributed by atoms with Crippen molar-refractivity contribution in [2.45, 2.75) is 84.0 Å². The highest BCUT2D eigenvalue weighted by Crippen LogP contribution is 2.37. The minimum Gasteiger partial charge on any atom is -0.422 e. The molecule has 0 fully saturated rings. The first-order valence-electron chi connectivity index (χ1n) is 19.2. The van der Waals surface area contributed by atoms with Crippen molar-refractivity contribution in [2.75, 3.05) is 0 Å². The average molecular weight is 829 g/mol. The maximum Gasteiger partial charge on any atom is 0.573 e. The minimum atomic E-state index is -4.98. The highest BCUT2D eigenvalue weighted by molar-refractivity contribution is 5.85. The van der Waals surface area contributed by atoms with Crippen LogP contribution < -0.4 is 20.7 Å². The Balaban J connectivity index is 1.20. The molecule has 0 unspecified atom stereocenters. The second-order valence-corrected chi connectivity index (χ2v) is 14.0. The van der Waals surface area contributed by atoms with Crippen molar-refractivity contribution in [1.82, 2.24) is 0 Å². The zero-order valence-corrected chi connectivity index (χ0v) is 32.5. The number of rotatable bonds is 12. The van der Waals surface area contributed by atoms with Gasteiger partial charge in [-0.25, -0.2) is 9.59 Å². The van der Waals surface area contributed by atoms with Gasteiger partial charge in [0.15, 0.2) is 6.10 Å². The van der Waals surface area contributed by atoms with Gasteiger partial charge < -0.3 is 23.4 Å². The van der Waals surface area contributed by atoms with Crippen LogP contribution in [0.3, 0.4) is 0 Å². The second-order valence-electron chi connectivity index (χ2n) is 14.0. The molecule has 0 atom stereocenters. The fraction of sp³-hybridized carbons (Fsp3) is 0.277. The van der Waals surface area contributed by atoms with Gasteiger partial charge in [0.1, 0.15) is 22.7 Å². The Hall–Kier alpha value is -6.44. The van der Waals surface area contributed by atoms with Crippen LogP contribution in [0.2, 0.25) is 0 Å². The Kier molecular flexibility index (Phi) is 13.4. The molecular weight excluding hydrogens is 790 g/mol. The number of benzene rings is 4. The minimum absolute atomic E-state index is 0.0710. The summed E-state index contributed by atoms with van der Waals surface area (Å²) in [7, 11) is 0. The Bertz CT molecular complexity index is 2570. The third-order valence-electron chi connectivity index (χ3n) is 9.44. The molecule has 0 aliphatic rings. The van der Waals surface area contributed by atoms with Crippen LogP contribution in [0.1, 0.15) is 74.6 Å². The Labute approximate surface area is 340 Å². The molecule has 6 aromatic rings. The third-order valence-corrected chi connectivity index (χ3v) is 9.44. The van der Waals surface area contributed by atoms with Gasteiger partial charge in [-0.05, 0) is 97.5 Å². The van der Waals surface area contributed by atoms with E-state index in [9.17, 15) is 41.0 Å². The van der Waals surface area contributed by atoms with Gasteiger partial charge in [0, 0.05) is 33.0 Å². The van der Waals surface area contributed by atoms with E-state index in [0.717, 1.165) is 38.5 Å². The van der Waals surface area contributed by atoms with Crippen LogP contribution in [0.5, 0.6) is 11.5 Å². The molecule has 0 saturated heterocycles. The zero-order chi connectivity index (χ0) is 43.0. The number of halogens is 6. The first-order valence-corrected chi connectivity index (χ1v) is 19.2. The summed E-state index contributed by atoms with van der Waals surface area (Å²) in [5.41, 5.74) is 0.0239. The molecule has 1 N–H and O–H groups in total. The normalized spacial score (nSPS) is 11.6. The first-order chi connectivity index (χ1) is 28.6. The summed E-state index contributed by atoms with van der Waals surface area (Å²) in [6.45, 7) is 4.04. The number of hydrogen-bond donors (Lipinski definition) is 1. The zero-order valence-electron chi connectivity index (χ0n) is 32.5. The van der Waals surface area contributed by atoms with Crippen molar-refractivity contribution < 1.29 is 49.8 Å². The molecule has 60 heavy (non-hydrogen) atoms. The number of alkyl halides is 6. The van der Waals surface area contributed by atoms with Crippen molar-refractivity contribution >= 4 is 21.9 Å². The molecule has 2 aromatic heterocycles. The van der Waals surface area contributed by atoms with Crippen molar-refractivity contribution in [3.8, 4) is 57.4 Å². The summed E-state index contributed by atoms with van der Waals surface area (Å²) in [5, 5.41) is 11.3. The molecule has 0 radical (unpaired) electrons. The summed E-state index contributed by atoms with van der Waals surface area (Å²) >= 11 is 0. The van der Waals surface area contributed by atoms with E-state index < -0.39 is 41.6 Å². The van der Waals surface area contributed by atoms with Crippen LogP contribution in [-0.4, -0.2) is 23.9 Å². The fourth-order valence-electron chi connectivity index (χ4n) is 6.56. The molecule has 0 aliphatic heterocycles. The lowest BCUT2D eigenvalue weighted by Gasteiger charge is -2.15. The molecule has 0 saturated carbocycles. The number of aryl methyl sites for hydroxylation is 2. The first kappa shape index (κ1) is 43.1. The van der Waals surface area contributed by atoms with Gasteiger partial charge in [-0.1, -0.05) is 87.5 Å². The SMILES string of the molecule is CCCCCc1ccc(-c2cc3ccc(C#CC(O)C#Cc4ccc5cc(-c6ccc(CCCCC)cc6OC(F)(F)F)c(=O)oc5c4)cc3oc2=O)c(OC(F)(F)F)c1. The van der Waals surface area contributed by atoms with Gasteiger partial charge >= 0.3 is 24.0 Å². The van der Waals surface area contributed by atoms with Crippen LogP contribution in [-0.2, 0) is 12.8 Å². The molecule has 13 heteroatoms. The lowest BCUT2D eigenvalue weighted by Crippen LogP contribution is -2.18. The number of ether oxygens (including phenoxy) is 2. The van der Waals surface area contributed by atoms with Crippen molar-refractivity contribution in [3.63, 3.8) is 0 Å². The number of fused-ring (bicyclic) bond motifs is 2. The van der Waals surface area contributed by atoms with Gasteiger partial charge in [-0.2, -0.15) is 0 Å². The summed E-state index contributed by atoms with van der Waals surface area (Å²) in [4.78, 5) is 26.1. The quantitative estimate of drug-likeness (QED) is 0.0567. The van der Waals surface area contributed by atoms with Gasteiger partial charge in [0.25, 0.3) is 0 Å². The standard InChI is InChI=1S/C47H38F6O7/c1-3-5-7-9-29-15-21-36(42(25-29)59-46(48,49)50)38-27-33-17-11-31(23-40(33)57-44(38)55)13-19-35(54)20-14-32-12-18-34-28-39(45(56)58-41(34)24-32)37-22-16-30(10-8-6-4-2)26-43(37)60-47(51,52)53/h11-12,15-18,21-28,35,54H,3-10H2,1-2H3. The van der Waals surface area contributed by atoms with Gasteiger partial charge in [-0.15, -0.1) is 26.3 Å². The summed E-state index contributed by atoms with van der Waals surface area (Å²) in [6, 6.07) is 20.7. The molecule has 4 aromatic carbocycles. The Morgan fingerprint density at radius 3 is 1.37 bits per heavy atom. The highest BCUT2D eigenvalue weighted by atomic mass is 19.4. The van der Waals surface area contributed by atoms with Crippen LogP contribution >= 0.6 is 0 Å². The smallest absolute Gasteiger partial charge is 0.422 e. The highest BCUT2D eigenvalue weighted by Gasteiger charge is 2.34. The van der Waals surface area contributed by atoms with E-state index >= 15 is 0 Å². The lowest BCUT2D eigenvalue weighted by atomic mass is 10.00. The molecule has 0 aliphatic carbocycles. The molecule has 310 valence electrons. The fourth-order valence-corrected chi connectivity index (χ4v) is 6.56. The molecule has 0 spiro atoms. The monoisotopic (exact) mass is 828 g/mol. The van der Waals surface area contributed by atoms with Gasteiger partial charge in [-0.3, -0.25) is 0 Å². The molecular formula is C47H38F6O7. The predicted molar refractivity (Wildman–Crippen MR) is 215 cm³/mol. The number of aliphatic hydroxyl groups excluding tert-OH is 1. The number of unbranched alkanes of at least 4 members (excludes halogenated alkanes) is 4. The van der Waals surface area contributed by atoms with E-state index in [4.69, 9.17) is 8.83 Å². The third kappa shape index (κ3) is 11.4. The van der Waals surface area contributed by atoms with Crippen molar-refractivity contribution in [2.24, 2.45) is 0 Å². The average Bonchev–Trinajstić information content (AvgIpc) is 3.18. The Morgan fingerprint density at radius 1 is 0.567 bits per heavy atom. The molecule has 7 nitrogen and oxygen atoms in total. The topological polar surface area (TPSA) is 99.1 Å². The molecule has 0 amide bonds.